The number of pyridine rings is 1. The van der Waals surface area contributed by atoms with Crippen molar-refractivity contribution in [2.75, 3.05) is 6.61 Å². The van der Waals surface area contributed by atoms with E-state index in [1.807, 2.05) is 43.3 Å². The molecule has 0 unspecified atom stereocenters. The normalized spacial score (nSPS) is 10.2. The molecule has 0 saturated carbocycles. The van der Waals surface area contributed by atoms with Gasteiger partial charge in [0.2, 0.25) is 0 Å². The Morgan fingerprint density at radius 2 is 1.90 bits per heavy atom. The Kier molecular flexibility index (Phi) is 5.30. The minimum absolute atomic E-state index is 0.158. The van der Waals surface area contributed by atoms with Crippen molar-refractivity contribution in [1.29, 1.82) is 0 Å². The number of carbonyl (C=O) groups is 1. The van der Waals surface area contributed by atoms with E-state index < -0.39 is 0 Å². The average Bonchev–Trinajstić information content (AvgIpc) is 2.47. The van der Waals surface area contributed by atoms with Gasteiger partial charge in [0.25, 0.3) is 0 Å². The maximum Gasteiger partial charge on any atom is 0.310 e. The van der Waals surface area contributed by atoms with E-state index in [1.54, 1.807) is 12.4 Å². The van der Waals surface area contributed by atoms with Crippen molar-refractivity contribution < 1.29 is 9.53 Å². The maximum absolute atomic E-state index is 11.7. The Morgan fingerprint density at radius 1 is 1.15 bits per heavy atom. The second-order valence-electron chi connectivity index (χ2n) is 4.78. The lowest BCUT2D eigenvalue weighted by Crippen LogP contribution is -2.10. The molecule has 0 radical (unpaired) electrons. The molecule has 104 valence electrons. The van der Waals surface area contributed by atoms with E-state index >= 15 is 0 Å². The van der Waals surface area contributed by atoms with Gasteiger partial charge < -0.3 is 4.74 Å². The Labute approximate surface area is 119 Å². The molecule has 20 heavy (non-hydrogen) atoms. The fourth-order valence-corrected chi connectivity index (χ4v) is 2.03. The molecule has 3 nitrogen and oxygen atoms in total. The molecule has 0 amide bonds. The Balaban J connectivity index is 1.69. The summed E-state index contributed by atoms with van der Waals surface area (Å²) < 4.78 is 5.27. The summed E-state index contributed by atoms with van der Waals surface area (Å²) in [7, 11) is 0. The average molecular weight is 269 g/mol. The van der Waals surface area contributed by atoms with Gasteiger partial charge in [-0.05, 0) is 48.6 Å². The van der Waals surface area contributed by atoms with Gasteiger partial charge in [0.05, 0.1) is 13.0 Å². The first-order chi connectivity index (χ1) is 9.75. The van der Waals surface area contributed by atoms with Crippen molar-refractivity contribution in [3.05, 3.63) is 65.5 Å². The van der Waals surface area contributed by atoms with Gasteiger partial charge in [-0.2, -0.15) is 0 Å². The quantitative estimate of drug-likeness (QED) is 0.597. The third kappa shape index (κ3) is 4.50. The highest BCUT2D eigenvalue weighted by Crippen LogP contribution is 2.08. The minimum atomic E-state index is -0.158. The molecular formula is C17H19NO2. The van der Waals surface area contributed by atoms with Crippen LogP contribution in [0.15, 0.2) is 48.8 Å². The van der Waals surface area contributed by atoms with Gasteiger partial charge in [-0.25, -0.2) is 0 Å². The second kappa shape index (κ2) is 7.43. The molecule has 2 rings (SSSR count). The topological polar surface area (TPSA) is 39.2 Å². The lowest BCUT2D eigenvalue weighted by molar-refractivity contribution is -0.142. The summed E-state index contributed by atoms with van der Waals surface area (Å²) in [5.74, 6) is -0.158. The zero-order chi connectivity index (χ0) is 14.2. The predicted octanol–water partition coefficient (Wildman–Crippen LogP) is 3.11. The number of aryl methyl sites for hydroxylation is 2. The van der Waals surface area contributed by atoms with Crippen molar-refractivity contribution >= 4 is 5.97 Å². The van der Waals surface area contributed by atoms with E-state index in [-0.39, 0.29) is 5.97 Å². The zero-order valence-electron chi connectivity index (χ0n) is 11.7. The maximum atomic E-state index is 11.7. The molecule has 0 N–H and O–H groups in total. The number of hydrogen-bond acceptors (Lipinski definition) is 3. The van der Waals surface area contributed by atoms with Crippen LogP contribution in [-0.4, -0.2) is 17.6 Å². The highest BCUT2D eigenvalue weighted by atomic mass is 16.5. The molecule has 1 aromatic heterocycles. The van der Waals surface area contributed by atoms with Crippen LogP contribution in [0.3, 0.4) is 0 Å². The first kappa shape index (κ1) is 14.3. The smallest absolute Gasteiger partial charge is 0.310 e. The zero-order valence-corrected chi connectivity index (χ0v) is 11.7. The first-order valence-electron chi connectivity index (χ1n) is 6.85. The number of esters is 1. The summed E-state index contributed by atoms with van der Waals surface area (Å²) in [5, 5.41) is 0. The molecule has 0 bridgehead atoms. The van der Waals surface area contributed by atoms with Crippen molar-refractivity contribution in [2.24, 2.45) is 0 Å². The van der Waals surface area contributed by atoms with Crippen LogP contribution in [0, 0.1) is 6.92 Å². The number of carbonyl (C=O) groups excluding carboxylic acids is 1. The van der Waals surface area contributed by atoms with Crippen LogP contribution >= 0.6 is 0 Å². The van der Waals surface area contributed by atoms with Crippen LogP contribution in [-0.2, 0) is 22.4 Å². The van der Waals surface area contributed by atoms with Gasteiger partial charge in [-0.15, -0.1) is 0 Å². The number of aromatic nitrogens is 1. The van der Waals surface area contributed by atoms with Gasteiger partial charge in [0.15, 0.2) is 0 Å². The summed E-state index contributed by atoms with van der Waals surface area (Å²) in [4.78, 5) is 15.7. The lowest BCUT2D eigenvalue weighted by Gasteiger charge is -2.07. The van der Waals surface area contributed by atoms with E-state index in [4.69, 9.17) is 4.74 Å². The number of ether oxygens (including phenoxy) is 1. The van der Waals surface area contributed by atoms with Crippen LogP contribution in [0.25, 0.3) is 0 Å². The van der Waals surface area contributed by atoms with Gasteiger partial charge in [0.1, 0.15) is 0 Å². The summed E-state index contributed by atoms with van der Waals surface area (Å²) in [6.07, 6.45) is 5.64. The van der Waals surface area contributed by atoms with Crippen LogP contribution in [0.1, 0.15) is 23.1 Å². The summed E-state index contributed by atoms with van der Waals surface area (Å²) in [5.41, 5.74) is 3.38. The third-order valence-corrected chi connectivity index (χ3v) is 3.22. The van der Waals surface area contributed by atoms with Crippen molar-refractivity contribution in [1.82, 2.24) is 4.98 Å². The van der Waals surface area contributed by atoms with Gasteiger partial charge in [-0.3, -0.25) is 9.78 Å². The third-order valence-electron chi connectivity index (χ3n) is 3.22. The Bertz CT molecular complexity index is 552. The number of hydrogen-bond donors (Lipinski definition) is 0. The molecule has 0 saturated heterocycles. The summed E-state index contributed by atoms with van der Waals surface area (Å²) in [6.45, 7) is 2.47. The molecule has 0 fully saturated rings. The summed E-state index contributed by atoms with van der Waals surface area (Å²) in [6, 6.07) is 11.8. The van der Waals surface area contributed by atoms with Crippen LogP contribution in [0.4, 0.5) is 0 Å². The van der Waals surface area contributed by atoms with Gasteiger partial charge in [0, 0.05) is 12.4 Å². The molecular weight excluding hydrogens is 250 g/mol. The minimum Gasteiger partial charge on any atom is -0.465 e. The van der Waals surface area contributed by atoms with Gasteiger partial charge in [-0.1, -0.05) is 24.3 Å². The molecule has 0 spiro atoms. The molecule has 3 heteroatoms. The van der Waals surface area contributed by atoms with Crippen molar-refractivity contribution in [2.45, 2.75) is 26.2 Å². The highest BCUT2D eigenvalue weighted by Gasteiger charge is 2.06. The lowest BCUT2D eigenvalue weighted by atomic mass is 10.1. The largest absolute Gasteiger partial charge is 0.465 e. The Morgan fingerprint density at radius 3 is 2.65 bits per heavy atom. The number of nitrogens with zero attached hydrogens (tertiary/aromatic N) is 1. The van der Waals surface area contributed by atoms with Crippen LogP contribution in [0.2, 0.25) is 0 Å². The van der Waals surface area contributed by atoms with Crippen molar-refractivity contribution in [3.8, 4) is 0 Å². The number of benzene rings is 1. The van der Waals surface area contributed by atoms with E-state index in [0.717, 1.165) is 24.0 Å². The van der Waals surface area contributed by atoms with E-state index in [2.05, 4.69) is 4.98 Å². The van der Waals surface area contributed by atoms with E-state index in [9.17, 15) is 4.79 Å². The van der Waals surface area contributed by atoms with E-state index in [0.29, 0.717) is 13.0 Å². The van der Waals surface area contributed by atoms with Crippen LogP contribution < -0.4 is 0 Å². The second-order valence-corrected chi connectivity index (χ2v) is 4.78. The first-order valence-corrected chi connectivity index (χ1v) is 6.85. The SMILES string of the molecule is Cc1ccccc1CC(=O)OCCCc1ccncc1. The van der Waals surface area contributed by atoms with Gasteiger partial charge >= 0.3 is 5.97 Å². The monoisotopic (exact) mass is 269 g/mol. The molecule has 1 heterocycles. The standard InChI is InChI=1S/C17H19NO2/c1-14-5-2-3-7-16(14)13-17(19)20-12-4-6-15-8-10-18-11-9-15/h2-3,5,7-11H,4,6,12-13H2,1H3. The molecule has 0 aliphatic rings. The molecule has 1 aromatic carbocycles. The fraction of sp³-hybridized carbons (Fsp3) is 0.294. The number of rotatable bonds is 6. The molecule has 2 aromatic rings. The highest BCUT2D eigenvalue weighted by molar-refractivity contribution is 5.73. The Hall–Kier alpha value is -2.16. The summed E-state index contributed by atoms with van der Waals surface area (Å²) >= 11 is 0. The molecule has 0 aliphatic heterocycles. The van der Waals surface area contributed by atoms with Crippen molar-refractivity contribution in [3.63, 3.8) is 0 Å². The fourth-order valence-electron chi connectivity index (χ4n) is 2.03. The predicted molar refractivity (Wildman–Crippen MR) is 78.4 cm³/mol. The van der Waals surface area contributed by atoms with Crippen LogP contribution in [0.5, 0.6) is 0 Å². The molecule has 0 atom stereocenters. The molecule has 0 aliphatic carbocycles. The van der Waals surface area contributed by atoms with E-state index in [1.165, 1.54) is 5.56 Å².